The summed E-state index contributed by atoms with van der Waals surface area (Å²) < 4.78 is 5.45. The molecule has 2 amide bonds. The van der Waals surface area contributed by atoms with Crippen molar-refractivity contribution in [2.75, 3.05) is 32.8 Å². The van der Waals surface area contributed by atoms with E-state index in [-0.39, 0.29) is 17.7 Å². The van der Waals surface area contributed by atoms with Crippen molar-refractivity contribution in [1.82, 2.24) is 15.2 Å². The molecule has 1 aliphatic carbocycles. The molecule has 30 heavy (non-hydrogen) atoms. The molecule has 164 valence electrons. The van der Waals surface area contributed by atoms with Crippen LogP contribution in [0.3, 0.4) is 0 Å². The van der Waals surface area contributed by atoms with Gasteiger partial charge in [-0.2, -0.15) is 0 Å². The van der Waals surface area contributed by atoms with Crippen LogP contribution in [0, 0.1) is 12.8 Å². The molecule has 0 bridgehead atoms. The molecule has 6 nitrogen and oxygen atoms in total. The highest BCUT2D eigenvalue weighted by Gasteiger charge is 2.30. The maximum absolute atomic E-state index is 12.8. The minimum atomic E-state index is -0.0925. The number of hydrogen-bond acceptors (Lipinski definition) is 4. The van der Waals surface area contributed by atoms with Crippen molar-refractivity contribution < 1.29 is 14.3 Å². The molecule has 1 saturated heterocycles. The van der Waals surface area contributed by atoms with Gasteiger partial charge in [-0.1, -0.05) is 19.1 Å². The van der Waals surface area contributed by atoms with Gasteiger partial charge in [0.15, 0.2) is 0 Å². The van der Waals surface area contributed by atoms with E-state index in [1.54, 1.807) is 0 Å². The van der Waals surface area contributed by atoms with E-state index in [0.717, 1.165) is 63.0 Å². The standard InChI is InChI=1S/C24H35N3O3/c1-3-16-30-17-13-25-23(28)21-10-9-18(2)26-22(21)19-11-14-27(15-12-19)24(29)20-7-5-4-6-8-20/h4-5,9-10,19-20H,3,6-8,11-17H2,1-2H3,(H,25,28). The minimum absolute atomic E-state index is 0.0925. The summed E-state index contributed by atoms with van der Waals surface area (Å²) in [5.74, 6) is 0.544. The number of hydrogen-bond donors (Lipinski definition) is 1. The zero-order valence-electron chi connectivity index (χ0n) is 18.4. The number of nitrogens with zero attached hydrogens (tertiary/aromatic N) is 2. The van der Waals surface area contributed by atoms with Gasteiger partial charge in [0.2, 0.25) is 5.91 Å². The van der Waals surface area contributed by atoms with Crippen LogP contribution in [0.15, 0.2) is 24.3 Å². The zero-order valence-corrected chi connectivity index (χ0v) is 18.4. The molecule has 0 saturated carbocycles. The number of pyridine rings is 1. The maximum atomic E-state index is 12.8. The van der Waals surface area contributed by atoms with Crippen LogP contribution in [0.25, 0.3) is 0 Å². The number of ether oxygens (including phenoxy) is 1. The van der Waals surface area contributed by atoms with Gasteiger partial charge in [0.05, 0.1) is 17.9 Å². The third-order valence-electron chi connectivity index (χ3n) is 6.00. The smallest absolute Gasteiger partial charge is 0.253 e. The van der Waals surface area contributed by atoms with Crippen LogP contribution in [0.5, 0.6) is 0 Å². The van der Waals surface area contributed by atoms with Crippen molar-refractivity contribution in [3.63, 3.8) is 0 Å². The summed E-state index contributed by atoms with van der Waals surface area (Å²) in [5, 5.41) is 2.95. The fraction of sp³-hybridized carbons (Fsp3) is 0.625. The predicted molar refractivity (Wildman–Crippen MR) is 117 cm³/mol. The van der Waals surface area contributed by atoms with Gasteiger partial charge in [-0.15, -0.1) is 0 Å². The number of carbonyl (C=O) groups is 2. The lowest BCUT2D eigenvalue weighted by atomic mass is 9.88. The Labute approximate surface area is 180 Å². The van der Waals surface area contributed by atoms with E-state index in [4.69, 9.17) is 9.72 Å². The van der Waals surface area contributed by atoms with Gasteiger partial charge in [0.25, 0.3) is 5.91 Å². The zero-order chi connectivity index (χ0) is 21.3. The van der Waals surface area contributed by atoms with Gasteiger partial charge in [-0.05, 0) is 57.6 Å². The largest absolute Gasteiger partial charge is 0.380 e. The summed E-state index contributed by atoms with van der Waals surface area (Å²) in [4.78, 5) is 32.3. The number of nitrogens with one attached hydrogen (secondary N) is 1. The summed E-state index contributed by atoms with van der Waals surface area (Å²) in [6.45, 7) is 7.23. The SMILES string of the molecule is CCCOCCNC(=O)c1ccc(C)nc1C1CCN(C(=O)C2CC=CCC2)CC1. The number of piperidine rings is 1. The molecular formula is C24H35N3O3. The molecular weight excluding hydrogens is 378 g/mol. The molecule has 1 aliphatic heterocycles. The molecule has 2 aliphatic rings. The minimum Gasteiger partial charge on any atom is -0.380 e. The number of aryl methyl sites for hydroxylation is 1. The molecule has 1 aromatic heterocycles. The predicted octanol–water partition coefficient (Wildman–Crippen LogP) is 3.61. The highest BCUT2D eigenvalue weighted by Crippen LogP contribution is 2.31. The Morgan fingerprint density at radius 3 is 2.67 bits per heavy atom. The summed E-state index contributed by atoms with van der Waals surface area (Å²) >= 11 is 0. The summed E-state index contributed by atoms with van der Waals surface area (Å²) in [7, 11) is 0. The van der Waals surface area contributed by atoms with Gasteiger partial charge in [0, 0.05) is 43.8 Å². The first-order valence-electron chi connectivity index (χ1n) is 11.4. The molecule has 0 radical (unpaired) electrons. The van der Waals surface area contributed by atoms with Crippen molar-refractivity contribution >= 4 is 11.8 Å². The first-order chi connectivity index (χ1) is 14.6. The summed E-state index contributed by atoms with van der Waals surface area (Å²) in [6, 6.07) is 3.77. The normalized spacial score (nSPS) is 19.7. The van der Waals surface area contributed by atoms with Crippen LogP contribution in [-0.4, -0.2) is 54.5 Å². The van der Waals surface area contributed by atoms with Crippen molar-refractivity contribution in [3.8, 4) is 0 Å². The van der Waals surface area contributed by atoms with E-state index in [1.807, 2.05) is 24.0 Å². The van der Waals surface area contributed by atoms with E-state index < -0.39 is 0 Å². The van der Waals surface area contributed by atoms with Crippen LogP contribution in [0.1, 0.15) is 73.1 Å². The van der Waals surface area contributed by atoms with Crippen LogP contribution in [0.4, 0.5) is 0 Å². The number of carbonyl (C=O) groups excluding carboxylic acids is 2. The molecule has 6 heteroatoms. The topological polar surface area (TPSA) is 71.5 Å². The number of amides is 2. The third-order valence-corrected chi connectivity index (χ3v) is 6.00. The van der Waals surface area contributed by atoms with Gasteiger partial charge < -0.3 is 15.0 Å². The average Bonchev–Trinajstić information content (AvgIpc) is 2.79. The second-order valence-corrected chi connectivity index (χ2v) is 8.33. The molecule has 2 heterocycles. The summed E-state index contributed by atoms with van der Waals surface area (Å²) in [6.07, 6.45) is 9.80. The second kappa shape index (κ2) is 11.3. The Kier molecular flexibility index (Phi) is 8.43. The van der Waals surface area contributed by atoms with Gasteiger partial charge in [0.1, 0.15) is 0 Å². The lowest BCUT2D eigenvalue weighted by molar-refractivity contribution is -0.136. The number of likely N-dealkylation sites (tertiary alicyclic amines) is 1. The van der Waals surface area contributed by atoms with Crippen LogP contribution in [-0.2, 0) is 9.53 Å². The molecule has 0 spiro atoms. The monoisotopic (exact) mass is 413 g/mol. The Balaban J connectivity index is 1.59. The highest BCUT2D eigenvalue weighted by atomic mass is 16.5. The van der Waals surface area contributed by atoms with E-state index in [0.29, 0.717) is 31.2 Å². The second-order valence-electron chi connectivity index (χ2n) is 8.33. The van der Waals surface area contributed by atoms with Crippen LogP contribution in [0.2, 0.25) is 0 Å². The first kappa shape index (κ1) is 22.5. The molecule has 3 rings (SSSR count). The first-order valence-corrected chi connectivity index (χ1v) is 11.4. The lowest BCUT2D eigenvalue weighted by Gasteiger charge is -2.35. The summed E-state index contributed by atoms with van der Waals surface area (Å²) in [5.41, 5.74) is 2.44. The Morgan fingerprint density at radius 1 is 1.17 bits per heavy atom. The lowest BCUT2D eigenvalue weighted by Crippen LogP contribution is -2.42. The molecule has 0 aromatic carbocycles. The Hall–Kier alpha value is -2.21. The van der Waals surface area contributed by atoms with Crippen molar-refractivity contribution in [2.45, 2.75) is 58.3 Å². The fourth-order valence-electron chi connectivity index (χ4n) is 4.31. The number of aromatic nitrogens is 1. The number of rotatable bonds is 8. The Bertz CT molecular complexity index is 754. The van der Waals surface area contributed by atoms with Crippen molar-refractivity contribution in [1.29, 1.82) is 0 Å². The Morgan fingerprint density at radius 2 is 1.97 bits per heavy atom. The van der Waals surface area contributed by atoms with Crippen molar-refractivity contribution in [2.24, 2.45) is 5.92 Å². The molecule has 1 atom stereocenters. The van der Waals surface area contributed by atoms with E-state index in [2.05, 4.69) is 24.4 Å². The maximum Gasteiger partial charge on any atom is 0.253 e. The quantitative estimate of drug-likeness (QED) is 0.522. The van der Waals surface area contributed by atoms with E-state index in [9.17, 15) is 9.59 Å². The molecule has 1 fully saturated rings. The average molecular weight is 414 g/mol. The molecule has 1 unspecified atom stereocenters. The van der Waals surface area contributed by atoms with Crippen LogP contribution >= 0.6 is 0 Å². The molecule has 1 N–H and O–H groups in total. The van der Waals surface area contributed by atoms with E-state index in [1.165, 1.54) is 0 Å². The highest BCUT2D eigenvalue weighted by molar-refractivity contribution is 5.95. The van der Waals surface area contributed by atoms with Crippen LogP contribution < -0.4 is 5.32 Å². The van der Waals surface area contributed by atoms with Crippen molar-refractivity contribution in [3.05, 3.63) is 41.2 Å². The van der Waals surface area contributed by atoms with Gasteiger partial charge >= 0.3 is 0 Å². The third kappa shape index (κ3) is 5.91. The number of allylic oxidation sites excluding steroid dienone is 2. The van der Waals surface area contributed by atoms with Gasteiger partial charge in [-0.3, -0.25) is 14.6 Å². The van der Waals surface area contributed by atoms with Gasteiger partial charge in [-0.25, -0.2) is 0 Å². The molecule has 1 aromatic rings. The van der Waals surface area contributed by atoms with E-state index >= 15 is 0 Å². The fourth-order valence-corrected chi connectivity index (χ4v) is 4.31.